The van der Waals surface area contributed by atoms with Gasteiger partial charge in [0.2, 0.25) is 0 Å². The number of hydrogen-bond donors (Lipinski definition) is 3. The van der Waals surface area contributed by atoms with E-state index >= 15 is 0 Å². The first kappa shape index (κ1) is 24.9. The highest BCUT2D eigenvalue weighted by Crippen LogP contribution is 2.14. The van der Waals surface area contributed by atoms with Crippen molar-refractivity contribution in [1.29, 1.82) is 0 Å². The van der Waals surface area contributed by atoms with Gasteiger partial charge in [0.05, 0.1) is 17.8 Å². The van der Waals surface area contributed by atoms with Crippen LogP contribution in [0.15, 0.2) is 58.3 Å². The number of aliphatic imine (C=N–C) groups is 1. The fourth-order valence-electron chi connectivity index (χ4n) is 2.77. The smallest absolute Gasteiger partial charge is 0.291 e. The lowest BCUT2D eigenvalue weighted by Crippen LogP contribution is -2.38. The van der Waals surface area contributed by atoms with Crippen molar-refractivity contribution >= 4 is 52.9 Å². The Morgan fingerprint density at radius 3 is 2.77 bits per heavy atom. The molecule has 3 rings (SSSR count). The van der Waals surface area contributed by atoms with Gasteiger partial charge >= 0.3 is 0 Å². The molecule has 0 atom stereocenters. The van der Waals surface area contributed by atoms with Gasteiger partial charge in [0.25, 0.3) is 5.91 Å². The predicted molar refractivity (Wildman–Crippen MR) is 137 cm³/mol. The number of furan rings is 1. The predicted octanol–water partition coefficient (Wildman–Crippen LogP) is 4.47. The molecular formula is C22H28IN5O2S. The molecule has 0 unspecified atom stereocenters. The maximum absolute atomic E-state index is 12.1. The van der Waals surface area contributed by atoms with Crippen molar-refractivity contribution in [2.75, 3.05) is 18.4 Å². The molecule has 166 valence electrons. The van der Waals surface area contributed by atoms with Crippen LogP contribution in [0.25, 0.3) is 0 Å². The van der Waals surface area contributed by atoms with Crippen LogP contribution in [0.1, 0.15) is 39.9 Å². The number of halogens is 1. The molecule has 2 heterocycles. The SMILES string of the molecule is CCNC(=NCc1cccc(NC(=O)c2ccco2)c1)NCCc1ncc(CC)s1.I. The van der Waals surface area contributed by atoms with Crippen molar-refractivity contribution in [3.63, 3.8) is 0 Å². The van der Waals surface area contributed by atoms with Crippen LogP contribution in [0.2, 0.25) is 0 Å². The van der Waals surface area contributed by atoms with Crippen molar-refractivity contribution in [1.82, 2.24) is 15.6 Å². The maximum Gasteiger partial charge on any atom is 0.291 e. The summed E-state index contributed by atoms with van der Waals surface area (Å²) in [7, 11) is 0. The van der Waals surface area contributed by atoms with E-state index in [2.05, 4.69) is 32.9 Å². The summed E-state index contributed by atoms with van der Waals surface area (Å²) in [4.78, 5) is 22.6. The van der Waals surface area contributed by atoms with Gasteiger partial charge in [-0.2, -0.15) is 0 Å². The first-order valence-electron chi connectivity index (χ1n) is 10.1. The zero-order valence-corrected chi connectivity index (χ0v) is 20.8. The summed E-state index contributed by atoms with van der Waals surface area (Å²) in [5.74, 6) is 0.766. The van der Waals surface area contributed by atoms with E-state index in [0.29, 0.717) is 12.2 Å². The van der Waals surface area contributed by atoms with E-state index in [4.69, 9.17) is 4.42 Å². The number of nitrogens with zero attached hydrogens (tertiary/aromatic N) is 2. The largest absolute Gasteiger partial charge is 0.459 e. The van der Waals surface area contributed by atoms with Gasteiger partial charge in [0.15, 0.2) is 11.7 Å². The molecule has 0 saturated heterocycles. The van der Waals surface area contributed by atoms with Crippen LogP contribution < -0.4 is 16.0 Å². The highest BCUT2D eigenvalue weighted by Gasteiger charge is 2.09. The second kappa shape index (κ2) is 13.1. The summed E-state index contributed by atoms with van der Waals surface area (Å²) < 4.78 is 5.13. The van der Waals surface area contributed by atoms with Crippen molar-refractivity contribution < 1.29 is 9.21 Å². The lowest BCUT2D eigenvalue weighted by atomic mass is 10.2. The molecule has 0 radical (unpaired) electrons. The molecule has 1 aromatic carbocycles. The average molecular weight is 553 g/mol. The highest BCUT2D eigenvalue weighted by molar-refractivity contribution is 14.0. The Morgan fingerprint density at radius 2 is 2.06 bits per heavy atom. The molecule has 1 amide bonds. The standard InChI is InChI=1S/C22H27N5O2S.HI/c1-3-18-15-25-20(30-18)10-11-24-22(23-4-2)26-14-16-7-5-8-17(13-16)27-21(28)19-9-6-12-29-19;/h5-9,12-13,15H,3-4,10-11,14H2,1-2H3,(H,27,28)(H2,23,24,26);1H. The molecule has 7 nitrogen and oxygen atoms in total. The lowest BCUT2D eigenvalue weighted by molar-refractivity contribution is 0.0996. The summed E-state index contributed by atoms with van der Waals surface area (Å²) in [6.07, 6.45) is 5.32. The molecule has 31 heavy (non-hydrogen) atoms. The molecule has 0 spiro atoms. The van der Waals surface area contributed by atoms with Gasteiger partial charge in [0, 0.05) is 36.3 Å². The van der Waals surface area contributed by atoms with E-state index in [-0.39, 0.29) is 35.6 Å². The van der Waals surface area contributed by atoms with E-state index in [1.54, 1.807) is 23.5 Å². The van der Waals surface area contributed by atoms with Gasteiger partial charge in [-0.05, 0) is 43.2 Å². The first-order chi connectivity index (χ1) is 14.7. The number of aryl methyl sites for hydroxylation is 1. The highest BCUT2D eigenvalue weighted by atomic mass is 127. The van der Waals surface area contributed by atoms with Crippen LogP contribution in [-0.4, -0.2) is 29.9 Å². The van der Waals surface area contributed by atoms with Crippen LogP contribution in [-0.2, 0) is 19.4 Å². The fraction of sp³-hybridized carbons (Fsp3) is 0.318. The Kier molecular flexibility index (Phi) is 10.5. The number of nitrogens with one attached hydrogen (secondary N) is 3. The minimum atomic E-state index is -0.274. The molecular weight excluding hydrogens is 525 g/mol. The number of thiazole rings is 1. The first-order valence-corrected chi connectivity index (χ1v) is 10.9. The van der Waals surface area contributed by atoms with Gasteiger partial charge in [-0.1, -0.05) is 19.1 Å². The summed E-state index contributed by atoms with van der Waals surface area (Å²) in [5, 5.41) is 10.6. The second-order valence-electron chi connectivity index (χ2n) is 6.58. The average Bonchev–Trinajstić information content (AvgIpc) is 3.44. The van der Waals surface area contributed by atoms with Crippen molar-refractivity contribution in [2.45, 2.75) is 33.2 Å². The molecule has 2 aromatic heterocycles. The molecule has 0 saturated carbocycles. The Morgan fingerprint density at radius 1 is 1.19 bits per heavy atom. The summed E-state index contributed by atoms with van der Waals surface area (Å²) in [5.41, 5.74) is 1.70. The van der Waals surface area contributed by atoms with E-state index in [1.807, 2.05) is 37.4 Å². The Hall–Kier alpha value is -2.40. The number of amides is 1. The van der Waals surface area contributed by atoms with Gasteiger partial charge in [-0.3, -0.25) is 4.79 Å². The number of carbonyl (C=O) groups is 1. The molecule has 0 aliphatic carbocycles. The number of hydrogen-bond acceptors (Lipinski definition) is 5. The zero-order valence-electron chi connectivity index (χ0n) is 17.7. The van der Waals surface area contributed by atoms with Crippen molar-refractivity contribution in [2.24, 2.45) is 4.99 Å². The molecule has 0 aliphatic rings. The molecule has 3 N–H and O–H groups in total. The number of rotatable bonds is 9. The van der Waals surface area contributed by atoms with E-state index in [0.717, 1.165) is 42.5 Å². The van der Waals surface area contributed by atoms with Crippen LogP contribution in [0, 0.1) is 0 Å². The van der Waals surface area contributed by atoms with Gasteiger partial charge in [-0.15, -0.1) is 35.3 Å². The number of aromatic nitrogens is 1. The van der Waals surface area contributed by atoms with Crippen LogP contribution in [0.3, 0.4) is 0 Å². The monoisotopic (exact) mass is 553 g/mol. The molecule has 3 aromatic rings. The lowest BCUT2D eigenvalue weighted by Gasteiger charge is -2.11. The van der Waals surface area contributed by atoms with Gasteiger partial charge in [-0.25, -0.2) is 9.98 Å². The number of guanidine groups is 1. The maximum atomic E-state index is 12.1. The molecule has 9 heteroatoms. The Balaban J connectivity index is 0.00000341. The fourth-order valence-corrected chi connectivity index (χ4v) is 3.64. The van der Waals surface area contributed by atoms with E-state index in [9.17, 15) is 4.79 Å². The Bertz CT molecular complexity index is 972. The number of anilines is 1. The van der Waals surface area contributed by atoms with Crippen LogP contribution >= 0.6 is 35.3 Å². The van der Waals surface area contributed by atoms with E-state index in [1.165, 1.54) is 11.1 Å². The minimum absolute atomic E-state index is 0. The summed E-state index contributed by atoms with van der Waals surface area (Å²) in [6.45, 7) is 6.22. The summed E-state index contributed by atoms with van der Waals surface area (Å²) in [6, 6.07) is 11.0. The Labute approximate surface area is 203 Å². The van der Waals surface area contributed by atoms with E-state index < -0.39 is 0 Å². The summed E-state index contributed by atoms with van der Waals surface area (Å²) >= 11 is 1.76. The normalized spacial score (nSPS) is 11.0. The second-order valence-corrected chi connectivity index (χ2v) is 7.78. The third kappa shape index (κ3) is 7.98. The van der Waals surface area contributed by atoms with Gasteiger partial charge in [0.1, 0.15) is 0 Å². The topological polar surface area (TPSA) is 91.5 Å². The van der Waals surface area contributed by atoms with Crippen LogP contribution in [0.4, 0.5) is 5.69 Å². The number of benzene rings is 1. The zero-order chi connectivity index (χ0) is 21.2. The molecule has 0 bridgehead atoms. The minimum Gasteiger partial charge on any atom is -0.459 e. The third-order valence-corrected chi connectivity index (χ3v) is 5.48. The van der Waals surface area contributed by atoms with Crippen molar-refractivity contribution in [3.8, 4) is 0 Å². The molecule has 0 fully saturated rings. The van der Waals surface area contributed by atoms with Gasteiger partial charge < -0.3 is 20.4 Å². The molecule has 0 aliphatic heterocycles. The van der Waals surface area contributed by atoms with Crippen LogP contribution in [0.5, 0.6) is 0 Å². The quantitative estimate of drug-likeness (QED) is 0.207. The van der Waals surface area contributed by atoms with Crippen molar-refractivity contribution in [3.05, 3.63) is 70.1 Å². The number of carbonyl (C=O) groups excluding carboxylic acids is 1. The third-order valence-electron chi connectivity index (χ3n) is 4.27.